The first kappa shape index (κ1) is 40.4. The van der Waals surface area contributed by atoms with Gasteiger partial charge in [-0.2, -0.15) is 21.0 Å². The normalized spacial score (nSPS) is 11.6. The third-order valence-corrected chi connectivity index (χ3v) is 14.3. The van der Waals surface area contributed by atoms with E-state index in [1.165, 1.54) is 0 Å². The first-order valence-electron chi connectivity index (χ1n) is 23.4. The standard InChI is InChI=1S/C64H32N6O2/c65-33-37-17-23-40(24-18-37)56-49(36-68)57(41-25-19-38(34-66)20-26-41)64(70-51-14-6-2-10-44(51)46-30-32-55-60(62(46)70)48-12-4-8-16-53(48)72-55)58(42-27-21-39(35-67)22-28-42)63(56)69-50-13-5-1-9-43(50)45-29-31-54-59(61(45)69)47-11-3-7-15-52(47)71-54/h1-32H. The smallest absolute Gasteiger partial charge is 0.137 e. The molecule has 0 N–H and O–H groups in total. The molecule has 0 aliphatic carbocycles. The fourth-order valence-electron chi connectivity index (χ4n) is 11.2. The number of rotatable bonds is 5. The zero-order valence-corrected chi connectivity index (χ0v) is 38.0. The van der Waals surface area contributed by atoms with Crippen LogP contribution in [-0.4, -0.2) is 9.13 Å². The molecule has 0 unspecified atom stereocenters. The summed E-state index contributed by atoms with van der Waals surface area (Å²) in [6.07, 6.45) is 0. The van der Waals surface area contributed by atoms with Crippen LogP contribution in [0.5, 0.6) is 0 Å². The van der Waals surface area contributed by atoms with Gasteiger partial charge in [-0.05, 0) is 102 Å². The summed E-state index contributed by atoms with van der Waals surface area (Å²) in [4.78, 5) is 0. The SMILES string of the molecule is N#Cc1ccc(-c2c(C#N)c(-c3ccc(C#N)cc3)c(-n3c4ccccc4c4ccc5oc6ccccc6c5c43)c(-c3ccc(C#N)cc3)c2-n2c3ccccc3c3ccc4oc5ccccc5c4c32)cc1. The molecule has 0 saturated carbocycles. The highest BCUT2D eigenvalue weighted by molar-refractivity contribution is 6.27. The van der Waals surface area contributed by atoms with Crippen molar-refractivity contribution in [2.24, 2.45) is 0 Å². The van der Waals surface area contributed by atoms with Crippen LogP contribution in [0.1, 0.15) is 22.3 Å². The quantitative estimate of drug-likeness (QED) is 0.169. The van der Waals surface area contributed by atoms with Gasteiger partial charge in [0.2, 0.25) is 0 Å². The molecule has 0 saturated heterocycles. The van der Waals surface area contributed by atoms with Gasteiger partial charge in [0, 0.05) is 49.0 Å². The van der Waals surface area contributed by atoms with Crippen molar-refractivity contribution in [1.82, 2.24) is 9.13 Å². The lowest BCUT2D eigenvalue weighted by molar-refractivity contribution is 0.669. The number of furan rings is 2. The third kappa shape index (κ3) is 5.64. The Bertz CT molecular complexity index is 4550. The van der Waals surface area contributed by atoms with E-state index in [0.717, 1.165) is 87.4 Å². The Morgan fingerprint density at radius 3 is 1.06 bits per heavy atom. The molecule has 10 aromatic carbocycles. The average Bonchev–Trinajstić information content (AvgIpc) is 4.20. The molecule has 0 aliphatic rings. The second-order valence-electron chi connectivity index (χ2n) is 17.9. The molecule has 14 rings (SSSR count). The van der Waals surface area contributed by atoms with Crippen molar-refractivity contribution in [2.75, 3.05) is 0 Å². The van der Waals surface area contributed by atoms with Crippen molar-refractivity contribution in [2.45, 2.75) is 0 Å². The Balaban J connectivity index is 1.33. The lowest BCUT2D eigenvalue weighted by Crippen LogP contribution is -2.11. The molecular formula is C64H32N6O2. The van der Waals surface area contributed by atoms with Gasteiger partial charge in [0.05, 0.1) is 84.7 Å². The summed E-state index contributed by atoms with van der Waals surface area (Å²) in [5.41, 5.74) is 13.9. The van der Waals surface area contributed by atoms with E-state index in [0.29, 0.717) is 67.0 Å². The maximum atomic E-state index is 12.3. The van der Waals surface area contributed by atoms with E-state index in [1.807, 2.05) is 121 Å². The summed E-state index contributed by atoms with van der Waals surface area (Å²) in [6.45, 7) is 0. The van der Waals surface area contributed by atoms with Gasteiger partial charge in [-0.3, -0.25) is 0 Å². The van der Waals surface area contributed by atoms with Crippen LogP contribution in [0.3, 0.4) is 0 Å². The molecule has 330 valence electrons. The molecule has 0 fully saturated rings. The summed E-state index contributed by atoms with van der Waals surface area (Å²) >= 11 is 0. The lowest BCUT2D eigenvalue weighted by atomic mass is 9.83. The maximum Gasteiger partial charge on any atom is 0.137 e. The minimum Gasteiger partial charge on any atom is -0.456 e. The monoisotopic (exact) mass is 916 g/mol. The Kier molecular flexibility index (Phi) is 8.67. The third-order valence-electron chi connectivity index (χ3n) is 14.3. The number of hydrogen-bond acceptors (Lipinski definition) is 6. The number of nitriles is 4. The number of nitrogens with zero attached hydrogens (tertiary/aromatic N) is 6. The first-order chi connectivity index (χ1) is 35.6. The largest absolute Gasteiger partial charge is 0.456 e. The molecule has 72 heavy (non-hydrogen) atoms. The number of benzene rings is 10. The summed E-state index contributed by atoms with van der Waals surface area (Å²) < 4.78 is 17.9. The lowest BCUT2D eigenvalue weighted by Gasteiger charge is -2.28. The van der Waals surface area contributed by atoms with Crippen molar-refractivity contribution in [3.8, 4) is 69.0 Å². The van der Waals surface area contributed by atoms with Gasteiger partial charge in [-0.15, -0.1) is 0 Å². The van der Waals surface area contributed by atoms with E-state index in [4.69, 9.17) is 8.83 Å². The van der Waals surface area contributed by atoms with Crippen LogP contribution in [0.2, 0.25) is 0 Å². The van der Waals surface area contributed by atoms with Gasteiger partial charge in [0.15, 0.2) is 0 Å². The van der Waals surface area contributed by atoms with Crippen molar-refractivity contribution in [3.63, 3.8) is 0 Å². The minimum absolute atomic E-state index is 0.372. The van der Waals surface area contributed by atoms with Gasteiger partial charge < -0.3 is 18.0 Å². The van der Waals surface area contributed by atoms with Gasteiger partial charge in [-0.1, -0.05) is 109 Å². The predicted octanol–water partition coefficient (Wildman–Crippen LogP) is 16.2. The molecule has 4 heterocycles. The molecule has 14 aromatic rings. The summed E-state index contributed by atoms with van der Waals surface area (Å²) in [7, 11) is 0. The van der Waals surface area contributed by atoms with Crippen LogP contribution in [-0.2, 0) is 0 Å². The highest BCUT2D eigenvalue weighted by Crippen LogP contribution is 2.54. The second kappa shape index (κ2) is 15.4. The van der Waals surface area contributed by atoms with E-state index in [2.05, 4.69) is 81.9 Å². The highest BCUT2D eigenvalue weighted by Gasteiger charge is 2.33. The van der Waals surface area contributed by atoms with Crippen LogP contribution < -0.4 is 0 Å². The van der Waals surface area contributed by atoms with Crippen LogP contribution in [0.4, 0.5) is 0 Å². The second-order valence-corrected chi connectivity index (χ2v) is 17.9. The van der Waals surface area contributed by atoms with Crippen molar-refractivity contribution >= 4 is 87.5 Å². The average molecular weight is 917 g/mol. The molecule has 0 atom stereocenters. The van der Waals surface area contributed by atoms with E-state index >= 15 is 0 Å². The Morgan fingerprint density at radius 2 is 0.667 bits per heavy atom. The van der Waals surface area contributed by atoms with Crippen LogP contribution >= 0.6 is 0 Å². The van der Waals surface area contributed by atoms with Crippen LogP contribution in [0.25, 0.3) is 132 Å². The molecule has 0 radical (unpaired) electrons. The van der Waals surface area contributed by atoms with Crippen molar-refractivity contribution in [1.29, 1.82) is 21.0 Å². The Labute approximate surface area is 410 Å². The molecule has 0 aliphatic heterocycles. The van der Waals surface area contributed by atoms with Gasteiger partial charge in [0.25, 0.3) is 0 Å². The van der Waals surface area contributed by atoms with Gasteiger partial charge >= 0.3 is 0 Å². The summed E-state index contributed by atoms with van der Waals surface area (Å²) in [6, 6.07) is 73.4. The van der Waals surface area contributed by atoms with Gasteiger partial charge in [-0.25, -0.2) is 0 Å². The fourth-order valence-corrected chi connectivity index (χ4v) is 11.2. The topological polar surface area (TPSA) is 131 Å². The van der Waals surface area contributed by atoms with Crippen molar-refractivity contribution in [3.05, 3.63) is 216 Å². The molecule has 4 aromatic heterocycles. The van der Waals surface area contributed by atoms with Crippen LogP contribution in [0.15, 0.2) is 203 Å². The number of aromatic nitrogens is 2. The molecule has 0 amide bonds. The minimum atomic E-state index is 0.372. The highest BCUT2D eigenvalue weighted by atomic mass is 16.3. The number of fused-ring (bicyclic) bond motifs is 14. The molecule has 0 spiro atoms. The number of para-hydroxylation sites is 4. The van der Waals surface area contributed by atoms with E-state index < -0.39 is 0 Å². The van der Waals surface area contributed by atoms with Crippen LogP contribution in [0, 0.1) is 45.3 Å². The number of hydrogen-bond donors (Lipinski definition) is 0. The predicted molar refractivity (Wildman–Crippen MR) is 285 cm³/mol. The summed E-state index contributed by atoms with van der Waals surface area (Å²) in [5.74, 6) is 0. The maximum absolute atomic E-state index is 12.3. The molecule has 8 nitrogen and oxygen atoms in total. The van der Waals surface area contributed by atoms with E-state index in [9.17, 15) is 21.0 Å². The first-order valence-corrected chi connectivity index (χ1v) is 23.4. The van der Waals surface area contributed by atoms with Gasteiger partial charge in [0.1, 0.15) is 28.4 Å². The fraction of sp³-hybridized carbons (Fsp3) is 0. The zero-order valence-electron chi connectivity index (χ0n) is 38.0. The van der Waals surface area contributed by atoms with E-state index in [1.54, 1.807) is 24.3 Å². The Morgan fingerprint density at radius 1 is 0.306 bits per heavy atom. The molecule has 0 bridgehead atoms. The molecular weight excluding hydrogens is 885 g/mol. The summed E-state index contributed by atoms with van der Waals surface area (Å²) in [5, 5.41) is 50.5. The van der Waals surface area contributed by atoms with Crippen molar-refractivity contribution < 1.29 is 8.83 Å². The Hall–Kier alpha value is -10.6. The molecule has 8 heteroatoms. The van der Waals surface area contributed by atoms with E-state index in [-0.39, 0.29) is 0 Å². The zero-order chi connectivity index (χ0) is 48.2.